The summed E-state index contributed by atoms with van der Waals surface area (Å²) in [6, 6.07) is 11.8. The average Bonchev–Trinajstić information content (AvgIpc) is 2.39. The lowest BCUT2D eigenvalue weighted by molar-refractivity contribution is 0.102. The van der Waals surface area contributed by atoms with Crippen molar-refractivity contribution in [3.8, 4) is 5.75 Å². The molecule has 98 valence electrons. The van der Waals surface area contributed by atoms with E-state index >= 15 is 0 Å². The Hall–Kier alpha value is -1.52. The Kier molecular flexibility index (Phi) is 4.45. The second-order valence-corrected chi connectivity index (χ2v) is 4.94. The summed E-state index contributed by atoms with van der Waals surface area (Å²) in [5, 5.41) is 13.5. The van der Waals surface area contributed by atoms with Gasteiger partial charge in [-0.25, -0.2) is 0 Å². The standard InChI is InChI=1S/C14H11BrClNO2/c15-8-9-1-4-11(5-2-9)17-14(19)12-6-3-10(16)7-13(12)18/h1-7,18H,8H2,(H,17,19). The van der Waals surface area contributed by atoms with E-state index in [4.69, 9.17) is 11.6 Å². The molecule has 0 saturated carbocycles. The van der Waals surface area contributed by atoms with Crippen LogP contribution in [0.3, 0.4) is 0 Å². The zero-order chi connectivity index (χ0) is 13.8. The second kappa shape index (κ2) is 6.08. The first-order valence-electron chi connectivity index (χ1n) is 5.55. The number of alkyl halides is 1. The maximum Gasteiger partial charge on any atom is 0.259 e. The van der Waals surface area contributed by atoms with Crippen molar-refractivity contribution in [1.82, 2.24) is 0 Å². The molecular weight excluding hydrogens is 330 g/mol. The molecule has 3 nitrogen and oxygen atoms in total. The highest BCUT2D eigenvalue weighted by Gasteiger charge is 2.11. The summed E-state index contributed by atoms with van der Waals surface area (Å²) in [5.74, 6) is -0.511. The fourth-order valence-corrected chi connectivity index (χ4v) is 2.11. The summed E-state index contributed by atoms with van der Waals surface area (Å²) in [7, 11) is 0. The van der Waals surface area contributed by atoms with Crippen molar-refractivity contribution in [2.24, 2.45) is 0 Å². The number of benzene rings is 2. The van der Waals surface area contributed by atoms with Gasteiger partial charge in [0.2, 0.25) is 0 Å². The van der Waals surface area contributed by atoms with Crippen LogP contribution in [0.1, 0.15) is 15.9 Å². The lowest BCUT2D eigenvalue weighted by atomic mass is 10.1. The molecule has 0 aliphatic carbocycles. The van der Waals surface area contributed by atoms with Crippen molar-refractivity contribution in [2.75, 3.05) is 5.32 Å². The first-order chi connectivity index (χ1) is 9.10. The quantitative estimate of drug-likeness (QED) is 0.823. The molecule has 2 aromatic rings. The van der Waals surface area contributed by atoms with Crippen LogP contribution in [0.4, 0.5) is 5.69 Å². The van der Waals surface area contributed by atoms with Crippen molar-refractivity contribution in [1.29, 1.82) is 0 Å². The summed E-state index contributed by atoms with van der Waals surface area (Å²) >= 11 is 9.07. The number of phenols is 1. The summed E-state index contributed by atoms with van der Waals surface area (Å²) in [5.41, 5.74) is 1.98. The number of phenolic OH excluding ortho intramolecular Hbond substituents is 1. The summed E-state index contributed by atoms with van der Waals surface area (Å²) < 4.78 is 0. The number of carbonyl (C=O) groups excluding carboxylic acids is 1. The van der Waals surface area contributed by atoms with Gasteiger partial charge in [0.25, 0.3) is 5.91 Å². The molecule has 1 amide bonds. The van der Waals surface area contributed by atoms with Crippen LogP contribution in [-0.2, 0) is 5.33 Å². The molecule has 0 atom stereocenters. The van der Waals surface area contributed by atoms with Crippen molar-refractivity contribution < 1.29 is 9.90 Å². The third-order valence-electron chi connectivity index (χ3n) is 2.57. The number of aromatic hydroxyl groups is 1. The van der Waals surface area contributed by atoms with Crippen LogP contribution < -0.4 is 5.32 Å². The van der Waals surface area contributed by atoms with Gasteiger partial charge >= 0.3 is 0 Å². The molecule has 0 fully saturated rings. The van der Waals surface area contributed by atoms with Gasteiger partial charge in [0.1, 0.15) is 5.75 Å². The minimum absolute atomic E-state index is 0.137. The van der Waals surface area contributed by atoms with E-state index < -0.39 is 0 Å². The van der Waals surface area contributed by atoms with Crippen molar-refractivity contribution >= 4 is 39.1 Å². The molecule has 19 heavy (non-hydrogen) atoms. The molecule has 2 N–H and O–H groups in total. The Labute approximate surface area is 124 Å². The van der Waals surface area contributed by atoms with E-state index in [2.05, 4.69) is 21.2 Å². The van der Waals surface area contributed by atoms with Gasteiger partial charge in [-0.15, -0.1) is 0 Å². The van der Waals surface area contributed by atoms with Crippen LogP contribution in [0.2, 0.25) is 5.02 Å². The number of rotatable bonds is 3. The number of amides is 1. The predicted molar refractivity (Wildman–Crippen MR) is 80.1 cm³/mol. The van der Waals surface area contributed by atoms with Crippen molar-refractivity contribution in [3.05, 3.63) is 58.6 Å². The van der Waals surface area contributed by atoms with E-state index in [0.29, 0.717) is 10.7 Å². The summed E-state index contributed by atoms with van der Waals surface area (Å²) in [4.78, 5) is 12.0. The van der Waals surface area contributed by atoms with Gasteiger partial charge in [0.05, 0.1) is 5.56 Å². The maximum atomic E-state index is 12.0. The number of anilines is 1. The van der Waals surface area contributed by atoms with Crippen LogP contribution in [-0.4, -0.2) is 11.0 Å². The monoisotopic (exact) mass is 339 g/mol. The smallest absolute Gasteiger partial charge is 0.259 e. The Balaban J connectivity index is 2.15. The Bertz CT molecular complexity index is 599. The first kappa shape index (κ1) is 13.9. The highest BCUT2D eigenvalue weighted by atomic mass is 79.9. The molecule has 2 aromatic carbocycles. The number of halogens is 2. The van der Waals surface area contributed by atoms with Crippen LogP contribution in [0.5, 0.6) is 5.75 Å². The molecule has 0 unspecified atom stereocenters. The van der Waals surface area contributed by atoms with Crippen molar-refractivity contribution in [2.45, 2.75) is 5.33 Å². The Morgan fingerprint density at radius 3 is 2.47 bits per heavy atom. The van der Waals surface area contributed by atoms with Crippen LogP contribution in [0.25, 0.3) is 0 Å². The number of carbonyl (C=O) groups is 1. The molecule has 0 radical (unpaired) electrons. The Morgan fingerprint density at radius 1 is 1.21 bits per heavy atom. The van der Waals surface area contributed by atoms with E-state index in [0.717, 1.165) is 10.9 Å². The highest BCUT2D eigenvalue weighted by molar-refractivity contribution is 9.08. The number of hydrogen-bond acceptors (Lipinski definition) is 2. The highest BCUT2D eigenvalue weighted by Crippen LogP contribution is 2.23. The van der Waals surface area contributed by atoms with Gasteiger partial charge in [-0.2, -0.15) is 0 Å². The van der Waals surface area contributed by atoms with E-state index in [-0.39, 0.29) is 17.2 Å². The van der Waals surface area contributed by atoms with E-state index in [1.807, 2.05) is 24.3 Å². The first-order valence-corrected chi connectivity index (χ1v) is 7.05. The lowest BCUT2D eigenvalue weighted by Gasteiger charge is -2.07. The zero-order valence-electron chi connectivity index (χ0n) is 9.86. The van der Waals surface area contributed by atoms with E-state index in [1.54, 1.807) is 6.07 Å². The third-order valence-corrected chi connectivity index (χ3v) is 3.45. The summed E-state index contributed by atoms with van der Waals surface area (Å²) in [6.07, 6.45) is 0. The van der Waals surface area contributed by atoms with Crippen LogP contribution >= 0.6 is 27.5 Å². The van der Waals surface area contributed by atoms with Gasteiger partial charge in [0.15, 0.2) is 0 Å². The molecule has 0 aliphatic rings. The minimum atomic E-state index is -0.374. The zero-order valence-corrected chi connectivity index (χ0v) is 12.2. The van der Waals surface area contributed by atoms with Crippen LogP contribution in [0.15, 0.2) is 42.5 Å². The molecule has 0 saturated heterocycles. The molecule has 0 bridgehead atoms. The molecule has 5 heteroatoms. The van der Waals surface area contributed by atoms with Gasteiger partial charge in [-0.1, -0.05) is 39.7 Å². The molecule has 0 aromatic heterocycles. The molecular formula is C14H11BrClNO2. The molecule has 0 heterocycles. The number of hydrogen-bond donors (Lipinski definition) is 2. The van der Waals surface area contributed by atoms with Crippen molar-refractivity contribution in [3.63, 3.8) is 0 Å². The van der Waals surface area contributed by atoms with Gasteiger partial charge in [-0.05, 0) is 35.9 Å². The fourth-order valence-electron chi connectivity index (χ4n) is 1.57. The topological polar surface area (TPSA) is 49.3 Å². The van der Waals surface area contributed by atoms with Gasteiger partial charge < -0.3 is 10.4 Å². The Morgan fingerprint density at radius 2 is 1.89 bits per heavy atom. The number of nitrogens with one attached hydrogen (secondary N) is 1. The minimum Gasteiger partial charge on any atom is -0.507 e. The van der Waals surface area contributed by atoms with E-state index in [9.17, 15) is 9.90 Å². The second-order valence-electron chi connectivity index (χ2n) is 3.95. The molecule has 2 rings (SSSR count). The van der Waals surface area contributed by atoms with E-state index in [1.165, 1.54) is 12.1 Å². The lowest BCUT2D eigenvalue weighted by Crippen LogP contribution is -2.11. The predicted octanol–water partition coefficient (Wildman–Crippen LogP) is 4.19. The largest absolute Gasteiger partial charge is 0.507 e. The third kappa shape index (κ3) is 3.49. The normalized spacial score (nSPS) is 10.2. The maximum absolute atomic E-state index is 12.0. The van der Waals surface area contributed by atoms with Gasteiger partial charge in [0, 0.05) is 16.0 Å². The SMILES string of the molecule is O=C(Nc1ccc(CBr)cc1)c1ccc(Cl)cc1O. The average molecular weight is 341 g/mol. The molecule has 0 aliphatic heterocycles. The molecule has 0 spiro atoms. The van der Waals surface area contributed by atoms with Gasteiger partial charge in [-0.3, -0.25) is 4.79 Å². The summed E-state index contributed by atoms with van der Waals surface area (Å²) in [6.45, 7) is 0. The van der Waals surface area contributed by atoms with Crippen LogP contribution in [0, 0.1) is 0 Å². The fraction of sp³-hybridized carbons (Fsp3) is 0.0714.